The second-order valence-electron chi connectivity index (χ2n) is 2.11. The summed E-state index contributed by atoms with van der Waals surface area (Å²) in [6.45, 7) is 0. The van der Waals surface area contributed by atoms with Crippen molar-refractivity contribution in [2.24, 2.45) is 0 Å². The number of benzene rings is 1. The maximum atomic E-state index is 12.8. The monoisotopic (exact) mass is 230 g/mol. The normalized spacial score (nSPS) is 11.7. The standard InChI is InChI=1S/C6H2ClF3O2S/c7-3-1-2-4(8)6(5(3)9)13(10,11)12/h1-2H. The molecule has 0 N–H and O–H groups in total. The SMILES string of the molecule is O=S(=O)(F)c1c(F)ccc(Cl)c1F. The van der Waals surface area contributed by atoms with Crippen molar-refractivity contribution in [2.75, 3.05) is 0 Å². The van der Waals surface area contributed by atoms with E-state index in [-0.39, 0.29) is 0 Å². The van der Waals surface area contributed by atoms with Crippen LogP contribution in [0.1, 0.15) is 0 Å². The predicted octanol–water partition coefficient (Wildman–Crippen LogP) is 2.28. The molecule has 1 aromatic rings. The van der Waals surface area contributed by atoms with Crippen LogP contribution in [0, 0.1) is 11.6 Å². The zero-order valence-electron chi connectivity index (χ0n) is 5.89. The van der Waals surface area contributed by atoms with Gasteiger partial charge in [-0.25, -0.2) is 8.78 Å². The van der Waals surface area contributed by atoms with E-state index >= 15 is 0 Å². The van der Waals surface area contributed by atoms with E-state index in [1.807, 2.05) is 0 Å². The third-order valence-corrected chi connectivity index (χ3v) is 2.40. The van der Waals surface area contributed by atoms with Crippen LogP contribution < -0.4 is 0 Å². The molecular formula is C6H2ClF3O2S. The average molecular weight is 231 g/mol. The average Bonchev–Trinajstić information content (AvgIpc) is 1.95. The largest absolute Gasteiger partial charge is 0.338 e. The van der Waals surface area contributed by atoms with E-state index in [0.717, 1.165) is 6.07 Å². The molecule has 0 heterocycles. The van der Waals surface area contributed by atoms with Gasteiger partial charge in [0.25, 0.3) is 0 Å². The van der Waals surface area contributed by atoms with Crippen molar-refractivity contribution in [2.45, 2.75) is 4.90 Å². The molecule has 0 fully saturated rings. The van der Waals surface area contributed by atoms with Crippen molar-refractivity contribution in [1.29, 1.82) is 0 Å². The quantitative estimate of drug-likeness (QED) is 0.548. The summed E-state index contributed by atoms with van der Waals surface area (Å²) < 4.78 is 58.1. The summed E-state index contributed by atoms with van der Waals surface area (Å²) >= 11 is 5.12. The maximum Gasteiger partial charge on any atom is 0.338 e. The number of hydrogen-bond acceptors (Lipinski definition) is 2. The van der Waals surface area contributed by atoms with E-state index in [9.17, 15) is 21.1 Å². The molecule has 0 saturated carbocycles. The Labute approximate surface area is 77.2 Å². The minimum atomic E-state index is -5.42. The molecule has 0 aliphatic carbocycles. The lowest BCUT2D eigenvalue weighted by Gasteiger charge is -2.00. The van der Waals surface area contributed by atoms with Crippen molar-refractivity contribution in [3.05, 3.63) is 28.8 Å². The third kappa shape index (κ3) is 1.94. The first-order valence-corrected chi connectivity index (χ1v) is 4.68. The maximum absolute atomic E-state index is 12.8. The van der Waals surface area contributed by atoms with Crippen LogP contribution in [-0.4, -0.2) is 8.42 Å². The summed E-state index contributed by atoms with van der Waals surface area (Å²) in [6.07, 6.45) is 0. The van der Waals surface area contributed by atoms with Gasteiger partial charge in [0.1, 0.15) is 5.82 Å². The Bertz CT molecular complexity index is 443. The summed E-state index contributed by atoms with van der Waals surface area (Å²) in [5.74, 6) is -3.13. The Morgan fingerprint density at radius 1 is 1.23 bits per heavy atom. The fraction of sp³-hybridized carbons (Fsp3) is 0. The van der Waals surface area contributed by atoms with Gasteiger partial charge in [-0.3, -0.25) is 0 Å². The first-order valence-electron chi connectivity index (χ1n) is 2.92. The molecule has 0 aliphatic rings. The van der Waals surface area contributed by atoms with Gasteiger partial charge in [-0.15, -0.1) is 3.89 Å². The van der Waals surface area contributed by atoms with Crippen LogP contribution in [0.3, 0.4) is 0 Å². The molecule has 1 aromatic carbocycles. The zero-order chi connectivity index (χ0) is 10.2. The van der Waals surface area contributed by atoms with Crippen LogP contribution in [0.4, 0.5) is 12.7 Å². The van der Waals surface area contributed by atoms with Gasteiger partial charge in [-0.1, -0.05) is 11.6 Å². The molecular weight excluding hydrogens is 229 g/mol. The van der Waals surface area contributed by atoms with E-state index in [1.165, 1.54) is 0 Å². The summed E-state index contributed by atoms with van der Waals surface area (Å²) in [5, 5.41) is -0.655. The van der Waals surface area contributed by atoms with E-state index in [4.69, 9.17) is 11.6 Å². The topological polar surface area (TPSA) is 34.1 Å². The second kappa shape index (κ2) is 3.19. The number of hydrogen-bond donors (Lipinski definition) is 0. The highest BCUT2D eigenvalue weighted by atomic mass is 35.5. The number of rotatable bonds is 1. The predicted molar refractivity (Wildman–Crippen MR) is 39.7 cm³/mol. The highest BCUT2D eigenvalue weighted by Crippen LogP contribution is 2.26. The van der Waals surface area contributed by atoms with Gasteiger partial charge in [0, 0.05) is 0 Å². The number of halogens is 4. The van der Waals surface area contributed by atoms with Crippen LogP contribution in [0.15, 0.2) is 17.0 Å². The van der Waals surface area contributed by atoms with Crippen molar-refractivity contribution in [1.82, 2.24) is 0 Å². The third-order valence-electron chi connectivity index (χ3n) is 1.25. The van der Waals surface area contributed by atoms with Crippen molar-refractivity contribution in [3.63, 3.8) is 0 Å². The Kier molecular flexibility index (Phi) is 2.53. The minimum Gasteiger partial charge on any atom is -0.205 e. The first-order chi connectivity index (χ1) is 5.84. The molecule has 0 aromatic heterocycles. The van der Waals surface area contributed by atoms with Crippen molar-refractivity contribution < 1.29 is 21.1 Å². The van der Waals surface area contributed by atoms with Crippen molar-refractivity contribution >= 4 is 21.8 Å². The van der Waals surface area contributed by atoms with Gasteiger partial charge in [-0.2, -0.15) is 8.42 Å². The van der Waals surface area contributed by atoms with Gasteiger partial charge in [0.2, 0.25) is 0 Å². The van der Waals surface area contributed by atoms with Crippen LogP contribution >= 0.6 is 11.6 Å². The summed E-state index contributed by atoms with van der Waals surface area (Å²) in [7, 11) is -5.42. The molecule has 7 heteroatoms. The lowest BCUT2D eigenvalue weighted by molar-refractivity contribution is 0.500. The first kappa shape index (κ1) is 10.3. The molecule has 0 saturated heterocycles. The van der Waals surface area contributed by atoms with Crippen molar-refractivity contribution in [3.8, 4) is 0 Å². The molecule has 0 amide bonds. The second-order valence-corrected chi connectivity index (χ2v) is 3.80. The van der Waals surface area contributed by atoms with Gasteiger partial charge in [0.05, 0.1) is 5.02 Å². The van der Waals surface area contributed by atoms with E-state index < -0.39 is 31.8 Å². The fourth-order valence-electron chi connectivity index (χ4n) is 0.732. The van der Waals surface area contributed by atoms with E-state index in [0.29, 0.717) is 6.07 Å². The lowest BCUT2D eigenvalue weighted by Crippen LogP contribution is -2.01. The Balaban J connectivity index is 3.62. The van der Waals surface area contributed by atoms with E-state index in [2.05, 4.69) is 0 Å². The summed E-state index contributed by atoms with van der Waals surface area (Å²) in [6, 6.07) is 1.36. The zero-order valence-corrected chi connectivity index (χ0v) is 7.46. The molecule has 0 atom stereocenters. The fourth-order valence-corrected chi connectivity index (χ4v) is 1.57. The highest BCUT2D eigenvalue weighted by molar-refractivity contribution is 7.86. The van der Waals surface area contributed by atoms with Gasteiger partial charge in [0.15, 0.2) is 10.7 Å². The Hall–Kier alpha value is -0.750. The Morgan fingerprint density at radius 3 is 2.15 bits per heavy atom. The smallest absolute Gasteiger partial charge is 0.205 e. The van der Waals surface area contributed by atoms with Crippen LogP contribution in [-0.2, 0) is 10.2 Å². The molecule has 0 bridgehead atoms. The minimum absolute atomic E-state index is 0.567. The lowest BCUT2D eigenvalue weighted by atomic mass is 10.3. The molecule has 0 spiro atoms. The molecule has 1 rings (SSSR count). The van der Waals surface area contributed by atoms with Crippen LogP contribution in [0.25, 0.3) is 0 Å². The Morgan fingerprint density at radius 2 is 1.77 bits per heavy atom. The molecule has 0 aliphatic heterocycles. The van der Waals surface area contributed by atoms with Gasteiger partial charge in [-0.05, 0) is 12.1 Å². The van der Waals surface area contributed by atoms with Crippen LogP contribution in [0.2, 0.25) is 5.02 Å². The molecule has 2 nitrogen and oxygen atoms in total. The van der Waals surface area contributed by atoms with Gasteiger partial charge >= 0.3 is 10.2 Å². The molecule has 72 valence electrons. The molecule has 0 unspecified atom stereocenters. The molecule has 13 heavy (non-hydrogen) atoms. The van der Waals surface area contributed by atoms with Gasteiger partial charge < -0.3 is 0 Å². The molecule has 0 radical (unpaired) electrons. The van der Waals surface area contributed by atoms with Crippen LogP contribution in [0.5, 0.6) is 0 Å². The summed E-state index contributed by atoms with van der Waals surface area (Å²) in [5.41, 5.74) is 0. The highest BCUT2D eigenvalue weighted by Gasteiger charge is 2.25. The van der Waals surface area contributed by atoms with E-state index in [1.54, 1.807) is 0 Å². The summed E-state index contributed by atoms with van der Waals surface area (Å²) in [4.78, 5) is -1.65.